The van der Waals surface area contributed by atoms with Gasteiger partial charge >= 0.3 is 5.97 Å². The van der Waals surface area contributed by atoms with Gasteiger partial charge in [-0.15, -0.1) is 11.8 Å². The molecule has 0 saturated carbocycles. The van der Waals surface area contributed by atoms with E-state index in [1.165, 1.54) is 0 Å². The van der Waals surface area contributed by atoms with Crippen LogP contribution in [-0.2, 0) is 4.79 Å². The van der Waals surface area contributed by atoms with E-state index in [2.05, 4.69) is 5.32 Å². The SMILES string of the molecule is CSc1cc(F)cc(C2CC(C(=O)O)CN2)c1F. The van der Waals surface area contributed by atoms with Gasteiger partial charge in [0.05, 0.1) is 5.92 Å². The minimum absolute atomic E-state index is 0.211. The van der Waals surface area contributed by atoms with Crippen LogP contribution < -0.4 is 5.32 Å². The first-order valence-corrected chi connectivity index (χ1v) is 6.74. The highest BCUT2D eigenvalue weighted by molar-refractivity contribution is 7.98. The molecule has 6 heteroatoms. The molecular formula is C12H13F2NO2S. The first kappa shape index (κ1) is 13.3. The second-order valence-electron chi connectivity index (χ2n) is 4.24. The predicted molar refractivity (Wildman–Crippen MR) is 64.6 cm³/mol. The lowest BCUT2D eigenvalue weighted by Gasteiger charge is -2.14. The zero-order chi connectivity index (χ0) is 13.3. The third-order valence-corrected chi connectivity index (χ3v) is 3.84. The maximum absolute atomic E-state index is 14.1. The molecule has 0 spiro atoms. The van der Waals surface area contributed by atoms with Crippen molar-refractivity contribution in [1.82, 2.24) is 5.32 Å². The van der Waals surface area contributed by atoms with E-state index in [9.17, 15) is 13.6 Å². The van der Waals surface area contributed by atoms with Crippen molar-refractivity contribution in [2.24, 2.45) is 5.92 Å². The molecule has 1 aromatic carbocycles. The van der Waals surface area contributed by atoms with Crippen LogP contribution in [0.4, 0.5) is 8.78 Å². The summed E-state index contributed by atoms with van der Waals surface area (Å²) in [6, 6.07) is 1.84. The summed E-state index contributed by atoms with van der Waals surface area (Å²) in [5.74, 6) is -2.42. The number of carbonyl (C=O) groups is 1. The van der Waals surface area contributed by atoms with Crippen LogP contribution in [0, 0.1) is 17.6 Å². The van der Waals surface area contributed by atoms with Gasteiger partial charge in [-0.2, -0.15) is 0 Å². The molecule has 0 aromatic heterocycles. The number of thioether (sulfide) groups is 1. The number of aliphatic carboxylic acids is 1. The molecule has 0 aliphatic carbocycles. The van der Waals surface area contributed by atoms with Crippen molar-refractivity contribution in [2.45, 2.75) is 17.4 Å². The summed E-state index contributed by atoms with van der Waals surface area (Å²) in [5.41, 5.74) is 0.211. The summed E-state index contributed by atoms with van der Waals surface area (Å²) < 4.78 is 27.4. The number of benzene rings is 1. The van der Waals surface area contributed by atoms with Gasteiger partial charge in [-0.1, -0.05) is 0 Å². The molecule has 98 valence electrons. The van der Waals surface area contributed by atoms with Crippen molar-refractivity contribution < 1.29 is 18.7 Å². The molecule has 0 bridgehead atoms. The second-order valence-corrected chi connectivity index (χ2v) is 5.09. The first-order chi connectivity index (χ1) is 8.52. The van der Waals surface area contributed by atoms with Crippen molar-refractivity contribution in [3.05, 3.63) is 29.3 Å². The van der Waals surface area contributed by atoms with Crippen molar-refractivity contribution in [3.8, 4) is 0 Å². The quantitative estimate of drug-likeness (QED) is 0.830. The standard InChI is InChI=1S/C12H13F2NO2S/c1-18-10-4-7(13)3-8(11(10)14)9-2-6(5-15-9)12(16)17/h3-4,6,9,15H,2,5H2,1H3,(H,16,17). The Labute approximate surface area is 108 Å². The highest BCUT2D eigenvalue weighted by atomic mass is 32.2. The monoisotopic (exact) mass is 273 g/mol. The van der Waals surface area contributed by atoms with Crippen LogP contribution in [0.5, 0.6) is 0 Å². The molecule has 2 unspecified atom stereocenters. The molecule has 2 N–H and O–H groups in total. The van der Waals surface area contributed by atoms with E-state index in [1.54, 1.807) is 6.26 Å². The van der Waals surface area contributed by atoms with E-state index in [1.807, 2.05) is 0 Å². The van der Waals surface area contributed by atoms with E-state index in [-0.39, 0.29) is 23.4 Å². The van der Waals surface area contributed by atoms with Crippen LogP contribution in [-0.4, -0.2) is 23.9 Å². The van der Waals surface area contributed by atoms with E-state index in [0.29, 0.717) is 0 Å². The van der Waals surface area contributed by atoms with Crippen LogP contribution in [0.1, 0.15) is 18.0 Å². The Morgan fingerprint density at radius 1 is 1.50 bits per heavy atom. The highest BCUT2D eigenvalue weighted by Crippen LogP contribution is 2.33. The zero-order valence-electron chi connectivity index (χ0n) is 9.74. The lowest BCUT2D eigenvalue weighted by atomic mass is 9.99. The Balaban J connectivity index is 2.29. The fraction of sp³-hybridized carbons (Fsp3) is 0.417. The first-order valence-electron chi connectivity index (χ1n) is 5.52. The van der Waals surface area contributed by atoms with E-state index < -0.39 is 29.6 Å². The van der Waals surface area contributed by atoms with Crippen molar-refractivity contribution in [1.29, 1.82) is 0 Å². The number of rotatable bonds is 3. The number of halogens is 2. The maximum Gasteiger partial charge on any atom is 0.307 e. The van der Waals surface area contributed by atoms with E-state index in [4.69, 9.17) is 5.11 Å². The summed E-state index contributed by atoms with van der Waals surface area (Å²) in [6.45, 7) is 0.282. The molecular weight excluding hydrogens is 260 g/mol. The Morgan fingerprint density at radius 3 is 2.78 bits per heavy atom. The highest BCUT2D eigenvalue weighted by Gasteiger charge is 2.32. The third kappa shape index (κ3) is 2.49. The summed E-state index contributed by atoms with van der Waals surface area (Å²) in [7, 11) is 0. The van der Waals surface area contributed by atoms with Gasteiger partial charge < -0.3 is 10.4 Å². The van der Waals surface area contributed by atoms with Gasteiger partial charge in [-0.3, -0.25) is 4.79 Å². The molecule has 2 atom stereocenters. The molecule has 1 aliphatic rings. The number of hydrogen-bond donors (Lipinski definition) is 2. The van der Waals surface area contributed by atoms with Gasteiger partial charge in [-0.25, -0.2) is 8.78 Å². The Bertz CT molecular complexity index is 481. The topological polar surface area (TPSA) is 49.3 Å². The molecule has 1 heterocycles. The molecule has 1 aromatic rings. The average Bonchev–Trinajstić information content (AvgIpc) is 2.81. The lowest BCUT2D eigenvalue weighted by Crippen LogP contribution is -2.18. The van der Waals surface area contributed by atoms with Crippen LogP contribution in [0.25, 0.3) is 0 Å². The number of hydrogen-bond acceptors (Lipinski definition) is 3. The Kier molecular flexibility index (Phi) is 3.87. The van der Waals surface area contributed by atoms with Crippen LogP contribution in [0.15, 0.2) is 17.0 Å². The fourth-order valence-corrected chi connectivity index (χ4v) is 2.67. The second kappa shape index (κ2) is 5.24. The molecule has 0 radical (unpaired) electrons. The predicted octanol–water partition coefficient (Wildman–Crippen LogP) is 2.42. The molecule has 1 aliphatic heterocycles. The summed E-state index contributed by atoms with van der Waals surface area (Å²) in [6.07, 6.45) is 1.95. The Morgan fingerprint density at radius 2 is 2.22 bits per heavy atom. The Hall–Kier alpha value is -1.14. The van der Waals surface area contributed by atoms with Crippen molar-refractivity contribution >= 4 is 17.7 Å². The minimum atomic E-state index is -0.910. The summed E-state index contributed by atoms with van der Waals surface area (Å²) in [4.78, 5) is 11.1. The van der Waals surface area contributed by atoms with E-state index >= 15 is 0 Å². The molecule has 2 rings (SSSR count). The maximum atomic E-state index is 14.1. The number of carboxylic acid groups (broad SMARTS) is 1. The molecule has 3 nitrogen and oxygen atoms in total. The van der Waals surface area contributed by atoms with Gasteiger partial charge in [0.15, 0.2) is 0 Å². The minimum Gasteiger partial charge on any atom is -0.481 e. The molecule has 1 saturated heterocycles. The average molecular weight is 273 g/mol. The smallest absolute Gasteiger partial charge is 0.307 e. The third-order valence-electron chi connectivity index (χ3n) is 3.11. The number of carboxylic acids is 1. The number of nitrogens with one attached hydrogen (secondary N) is 1. The zero-order valence-corrected chi connectivity index (χ0v) is 10.6. The van der Waals surface area contributed by atoms with Gasteiger partial charge in [0.25, 0.3) is 0 Å². The summed E-state index contributed by atoms with van der Waals surface area (Å²) >= 11 is 1.13. The fourth-order valence-electron chi connectivity index (χ4n) is 2.15. The van der Waals surface area contributed by atoms with Crippen LogP contribution >= 0.6 is 11.8 Å². The normalized spacial score (nSPS) is 23.3. The molecule has 18 heavy (non-hydrogen) atoms. The van der Waals surface area contributed by atoms with Gasteiger partial charge in [0.2, 0.25) is 0 Å². The van der Waals surface area contributed by atoms with Gasteiger partial charge in [-0.05, 0) is 24.8 Å². The van der Waals surface area contributed by atoms with Gasteiger partial charge in [0.1, 0.15) is 11.6 Å². The molecule has 0 amide bonds. The molecule has 1 fully saturated rings. The van der Waals surface area contributed by atoms with Gasteiger partial charge in [0, 0.05) is 23.0 Å². The lowest BCUT2D eigenvalue weighted by molar-refractivity contribution is -0.141. The van der Waals surface area contributed by atoms with Crippen LogP contribution in [0.3, 0.4) is 0 Å². The summed E-state index contributed by atoms with van der Waals surface area (Å²) in [5, 5.41) is 11.8. The van der Waals surface area contributed by atoms with Crippen molar-refractivity contribution in [3.63, 3.8) is 0 Å². The van der Waals surface area contributed by atoms with Crippen molar-refractivity contribution in [2.75, 3.05) is 12.8 Å². The van der Waals surface area contributed by atoms with E-state index in [0.717, 1.165) is 23.9 Å². The van der Waals surface area contributed by atoms with Crippen LogP contribution in [0.2, 0.25) is 0 Å². The largest absolute Gasteiger partial charge is 0.481 e.